The van der Waals surface area contributed by atoms with Crippen molar-refractivity contribution in [3.63, 3.8) is 0 Å². The number of β-lactam (4-membered cyclic amide) rings is 1. The largest absolute Gasteiger partial charge is 0.352 e. The number of ketones is 2. The van der Waals surface area contributed by atoms with E-state index in [0.717, 1.165) is 0 Å². The zero-order valence-corrected chi connectivity index (χ0v) is 16.6. The van der Waals surface area contributed by atoms with Crippen molar-refractivity contribution in [2.24, 2.45) is 17.8 Å². The summed E-state index contributed by atoms with van der Waals surface area (Å²) in [5.74, 6) is -0.554. The Morgan fingerprint density at radius 1 is 1.29 bits per heavy atom. The highest BCUT2D eigenvalue weighted by atomic mass is 32.1. The molecule has 0 radical (unpaired) electrons. The minimum absolute atomic E-state index is 0.00696. The van der Waals surface area contributed by atoms with Crippen LogP contribution in [0.5, 0.6) is 0 Å². The lowest BCUT2D eigenvalue weighted by atomic mass is 9.74. The molecule has 28 heavy (non-hydrogen) atoms. The number of nitrogens with zero attached hydrogens (tertiary/aromatic N) is 3. The van der Waals surface area contributed by atoms with Gasteiger partial charge in [-0.25, -0.2) is 4.98 Å². The van der Waals surface area contributed by atoms with Gasteiger partial charge in [0.15, 0.2) is 5.78 Å². The highest BCUT2D eigenvalue weighted by Gasteiger charge is 2.46. The van der Waals surface area contributed by atoms with Crippen molar-refractivity contribution in [2.75, 3.05) is 0 Å². The molecule has 1 aliphatic rings. The highest BCUT2D eigenvalue weighted by Crippen LogP contribution is 2.32. The van der Waals surface area contributed by atoms with Crippen molar-refractivity contribution in [1.29, 1.82) is 0 Å². The van der Waals surface area contributed by atoms with Gasteiger partial charge in [-0.3, -0.25) is 23.8 Å². The summed E-state index contributed by atoms with van der Waals surface area (Å²) in [7, 11) is 0. The molecule has 1 aliphatic heterocycles. The van der Waals surface area contributed by atoms with E-state index in [4.69, 9.17) is 0 Å². The van der Waals surface area contributed by atoms with Crippen molar-refractivity contribution in [3.05, 3.63) is 53.2 Å². The van der Waals surface area contributed by atoms with Crippen LogP contribution in [0.4, 0.5) is 0 Å². The summed E-state index contributed by atoms with van der Waals surface area (Å²) in [5.41, 5.74) is 0.761. The molecule has 4 rings (SSSR count). The fraction of sp³-hybridized carbons (Fsp3) is 0.350. The zero-order chi connectivity index (χ0) is 20.0. The molecule has 144 valence electrons. The van der Waals surface area contributed by atoms with Gasteiger partial charge in [-0.15, -0.1) is 11.3 Å². The first-order valence-corrected chi connectivity index (χ1v) is 9.96. The lowest BCUT2D eigenvalue weighted by Crippen LogP contribution is -2.63. The Balaban J connectivity index is 1.60. The molecule has 0 spiro atoms. The van der Waals surface area contributed by atoms with Crippen LogP contribution in [-0.4, -0.2) is 37.9 Å². The van der Waals surface area contributed by atoms with E-state index < -0.39 is 0 Å². The maximum absolute atomic E-state index is 13.0. The maximum Gasteiger partial charge on any atom is 0.225 e. The van der Waals surface area contributed by atoms with Gasteiger partial charge in [-0.2, -0.15) is 0 Å². The minimum Gasteiger partial charge on any atom is -0.352 e. The fourth-order valence-electron chi connectivity index (χ4n) is 3.66. The normalized spacial score (nSPS) is 20.1. The summed E-state index contributed by atoms with van der Waals surface area (Å²) < 4.78 is 1.70. The summed E-state index contributed by atoms with van der Waals surface area (Å²) in [6.45, 7) is 5.83. The second-order valence-corrected chi connectivity index (χ2v) is 8.46. The number of hydrogen-bond donors (Lipinski definition) is 1. The molecule has 0 unspecified atom stereocenters. The average molecular weight is 396 g/mol. The van der Waals surface area contributed by atoms with Crippen molar-refractivity contribution in [3.8, 4) is 0 Å². The van der Waals surface area contributed by atoms with Gasteiger partial charge in [0, 0.05) is 30.1 Å². The van der Waals surface area contributed by atoms with Crippen molar-refractivity contribution in [1.82, 2.24) is 19.7 Å². The molecule has 0 bridgehead atoms. The Bertz CT molecular complexity index is 1070. The molecular weight excluding hydrogens is 376 g/mol. The molecule has 4 heterocycles. The van der Waals surface area contributed by atoms with Crippen LogP contribution in [0.1, 0.15) is 46.5 Å². The number of rotatable bonds is 6. The highest BCUT2D eigenvalue weighted by molar-refractivity contribution is 7.19. The van der Waals surface area contributed by atoms with E-state index in [1.165, 1.54) is 17.5 Å². The van der Waals surface area contributed by atoms with Gasteiger partial charge in [-0.05, 0) is 18.1 Å². The van der Waals surface area contributed by atoms with Crippen LogP contribution in [-0.2, 0) is 4.79 Å². The summed E-state index contributed by atoms with van der Waals surface area (Å²) in [6, 6.07) is 3.23. The third-order valence-corrected chi connectivity index (χ3v) is 6.39. The number of fused-ring (bicyclic) bond motifs is 1. The minimum atomic E-state index is -0.334. The number of aromatic nitrogens is 3. The van der Waals surface area contributed by atoms with Crippen molar-refractivity contribution in [2.45, 2.75) is 26.8 Å². The van der Waals surface area contributed by atoms with Crippen LogP contribution in [0.15, 0.2) is 37.1 Å². The molecule has 0 aromatic carbocycles. The van der Waals surface area contributed by atoms with Gasteiger partial charge < -0.3 is 5.32 Å². The van der Waals surface area contributed by atoms with E-state index in [9.17, 15) is 14.4 Å². The molecule has 1 saturated heterocycles. The molecule has 3 aromatic rings. The van der Waals surface area contributed by atoms with E-state index >= 15 is 0 Å². The van der Waals surface area contributed by atoms with Crippen molar-refractivity contribution < 1.29 is 14.4 Å². The molecule has 1 amide bonds. The van der Waals surface area contributed by atoms with Crippen molar-refractivity contribution >= 4 is 33.6 Å². The van der Waals surface area contributed by atoms with Crippen LogP contribution in [0.2, 0.25) is 0 Å². The predicted molar refractivity (Wildman–Crippen MR) is 104 cm³/mol. The standard InChI is InChI=1S/C20H20N4O3S/c1-10(2)14-15(23-19(14)27)11(3)17(25)13-8-24-9-22-16(20(24)28-13)18(26)12-5-4-6-21-7-12/h4-11,14-15H,1-3H3,(H,23,27)/t11-,14-,15-/m1/s1. The molecular formula is C20H20N4O3S. The molecule has 7 nitrogen and oxygen atoms in total. The number of pyridine rings is 1. The second kappa shape index (κ2) is 6.94. The van der Waals surface area contributed by atoms with Crippen LogP contribution in [0.25, 0.3) is 4.83 Å². The Kier molecular flexibility index (Phi) is 4.58. The topological polar surface area (TPSA) is 93.4 Å². The van der Waals surface area contributed by atoms with Gasteiger partial charge in [0.2, 0.25) is 11.7 Å². The Morgan fingerprint density at radius 3 is 2.71 bits per heavy atom. The van der Waals surface area contributed by atoms with E-state index in [-0.39, 0.29) is 41.3 Å². The van der Waals surface area contributed by atoms with Gasteiger partial charge in [0.05, 0.1) is 16.8 Å². The third kappa shape index (κ3) is 2.93. The summed E-state index contributed by atoms with van der Waals surface area (Å²) in [6.07, 6.45) is 6.35. The Labute approximate surface area is 165 Å². The molecule has 0 saturated carbocycles. The Hall–Kier alpha value is -2.87. The summed E-state index contributed by atoms with van der Waals surface area (Å²) in [4.78, 5) is 46.9. The smallest absolute Gasteiger partial charge is 0.225 e. The van der Waals surface area contributed by atoms with Crippen LogP contribution >= 0.6 is 11.3 Å². The number of Topliss-reactive ketones (excluding diaryl/α,β-unsaturated/α-hetero) is 1. The van der Waals surface area contributed by atoms with E-state index in [2.05, 4.69) is 15.3 Å². The Morgan fingerprint density at radius 2 is 2.07 bits per heavy atom. The number of imidazole rings is 1. The van der Waals surface area contributed by atoms with Gasteiger partial charge in [0.25, 0.3) is 0 Å². The van der Waals surface area contributed by atoms with Crippen LogP contribution < -0.4 is 5.32 Å². The third-order valence-electron chi connectivity index (χ3n) is 5.26. The van der Waals surface area contributed by atoms with E-state index in [0.29, 0.717) is 21.0 Å². The number of amides is 1. The van der Waals surface area contributed by atoms with E-state index in [1.54, 1.807) is 35.3 Å². The number of nitrogens with one attached hydrogen (secondary N) is 1. The molecule has 1 fully saturated rings. The monoisotopic (exact) mass is 396 g/mol. The maximum atomic E-state index is 13.0. The van der Waals surface area contributed by atoms with Crippen LogP contribution in [0, 0.1) is 17.8 Å². The predicted octanol–water partition coefficient (Wildman–Crippen LogP) is 2.61. The quantitative estimate of drug-likeness (QED) is 0.511. The van der Waals surface area contributed by atoms with Crippen LogP contribution in [0.3, 0.4) is 0 Å². The average Bonchev–Trinajstić information content (AvgIpc) is 3.25. The first-order chi connectivity index (χ1) is 13.4. The molecule has 3 atom stereocenters. The fourth-order valence-corrected chi connectivity index (χ4v) is 4.77. The number of carbonyl (C=O) groups is 3. The SMILES string of the molecule is CC(C)[C@H]1C(=O)N[C@@H]1[C@@H](C)C(=O)c1cn2cnc(C(=O)c3cccnc3)c2s1. The van der Waals surface area contributed by atoms with Gasteiger partial charge >= 0.3 is 0 Å². The van der Waals surface area contributed by atoms with Gasteiger partial charge in [0.1, 0.15) is 16.9 Å². The molecule has 1 N–H and O–H groups in total. The van der Waals surface area contributed by atoms with Gasteiger partial charge in [-0.1, -0.05) is 20.8 Å². The molecule has 3 aromatic heterocycles. The first-order valence-electron chi connectivity index (χ1n) is 9.14. The number of thiazole rings is 1. The van der Waals surface area contributed by atoms with E-state index in [1.807, 2.05) is 20.8 Å². The summed E-state index contributed by atoms with van der Waals surface area (Å²) >= 11 is 1.25. The second-order valence-electron chi connectivity index (χ2n) is 7.43. The lowest BCUT2D eigenvalue weighted by molar-refractivity contribution is -0.138. The zero-order valence-electron chi connectivity index (χ0n) is 15.7. The molecule has 8 heteroatoms. The number of carbonyl (C=O) groups excluding carboxylic acids is 3. The first kappa shape index (κ1) is 18.5. The lowest BCUT2D eigenvalue weighted by Gasteiger charge is -2.42. The number of hydrogen-bond acceptors (Lipinski definition) is 6. The summed E-state index contributed by atoms with van der Waals surface area (Å²) in [5, 5.41) is 2.87. The molecule has 0 aliphatic carbocycles.